The Hall–Kier alpha value is -2.44. The van der Waals surface area contributed by atoms with Crippen molar-refractivity contribution in [3.63, 3.8) is 0 Å². The minimum absolute atomic E-state index is 0.0415. The van der Waals surface area contributed by atoms with Crippen molar-refractivity contribution in [2.45, 2.75) is 83.5 Å². The first-order chi connectivity index (χ1) is 21.3. The van der Waals surface area contributed by atoms with Crippen LogP contribution in [0.5, 0.6) is 0 Å². The lowest BCUT2D eigenvalue weighted by Gasteiger charge is -2.60. The quantitative estimate of drug-likeness (QED) is 0.194. The second-order valence-electron chi connectivity index (χ2n) is 12.9. The Morgan fingerprint density at radius 2 is 1.93 bits per heavy atom. The van der Waals surface area contributed by atoms with Gasteiger partial charge in [0.15, 0.2) is 18.2 Å². The van der Waals surface area contributed by atoms with Crippen molar-refractivity contribution in [2.24, 2.45) is 23.7 Å². The van der Waals surface area contributed by atoms with Crippen molar-refractivity contribution in [2.75, 3.05) is 18.5 Å². The molecule has 5 heterocycles. The van der Waals surface area contributed by atoms with E-state index >= 15 is 0 Å². The average molecular weight is 628 g/mol. The Labute approximate surface area is 261 Å². The SMILES string of the molecule is C[C@H]1[C@@H](OCCCOCc2ccc3ncnc(Nc4ccc(F)c(Cl)c4)c3c2)O[C@@H]2O[C@@]3(C)CC[C@H]4[C@H](C)CC[C@@H]1[C@@]24OO3. The first-order valence-corrected chi connectivity index (χ1v) is 16.0. The van der Waals surface area contributed by atoms with Crippen LogP contribution in [0.25, 0.3) is 10.9 Å². The minimum atomic E-state index is -0.795. The Bertz CT molecular complexity index is 1520. The minimum Gasteiger partial charge on any atom is -0.377 e. The number of fused-ring (bicyclic) bond motifs is 3. The summed E-state index contributed by atoms with van der Waals surface area (Å²) in [6.45, 7) is 7.92. The standard InChI is InChI=1S/C33H39ClFN3O6/c1-19-5-8-25-20(2)30(41-31-33(25)24(19)11-12-32(3,42-31)43-44-33)40-14-4-13-39-17-21-6-10-28-23(15-21)29(37-18-36-28)38-22-7-9-27(35)26(34)16-22/h6-7,9-10,15-16,18-20,24-25,30-31H,4-5,8,11-14,17H2,1-3H3,(H,36,37,38)/t19-,20-,24+,25+,30+,31-,32-,33-/m1/s1. The monoisotopic (exact) mass is 627 g/mol. The van der Waals surface area contributed by atoms with Crippen LogP contribution >= 0.6 is 11.6 Å². The molecule has 5 fully saturated rings. The smallest absolute Gasteiger partial charge is 0.201 e. The maximum absolute atomic E-state index is 13.6. The zero-order chi connectivity index (χ0) is 30.5. The summed E-state index contributed by atoms with van der Waals surface area (Å²) in [5.74, 6) is 0.581. The van der Waals surface area contributed by atoms with Gasteiger partial charge in [-0.25, -0.2) is 24.1 Å². The molecule has 0 amide bonds. The fourth-order valence-corrected chi connectivity index (χ4v) is 7.80. The molecule has 8 atom stereocenters. The maximum atomic E-state index is 13.6. The summed E-state index contributed by atoms with van der Waals surface area (Å²) >= 11 is 5.95. The molecule has 4 saturated heterocycles. The van der Waals surface area contributed by atoms with Gasteiger partial charge in [0, 0.05) is 35.9 Å². The lowest BCUT2D eigenvalue weighted by molar-refractivity contribution is -0.577. The number of ether oxygens (including phenoxy) is 4. The molecular formula is C33H39ClFN3O6. The molecule has 1 N–H and O–H groups in total. The predicted octanol–water partition coefficient (Wildman–Crippen LogP) is 7.30. The van der Waals surface area contributed by atoms with Gasteiger partial charge in [0.1, 0.15) is 18.0 Å². The Morgan fingerprint density at radius 3 is 2.80 bits per heavy atom. The van der Waals surface area contributed by atoms with Gasteiger partial charge in [0.25, 0.3) is 0 Å². The topological polar surface area (TPSA) is 93.2 Å². The third-order valence-electron chi connectivity index (χ3n) is 9.96. The van der Waals surface area contributed by atoms with Gasteiger partial charge in [-0.1, -0.05) is 31.5 Å². The molecule has 1 aromatic heterocycles. The van der Waals surface area contributed by atoms with Crippen molar-refractivity contribution in [3.8, 4) is 0 Å². The lowest BCUT2D eigenvalue weighted by atomic mass is 9.58. The van der Waals surface area contributed by atoms with Crippen LogP contribution in [0.15, 0.2) is 42.7 Å². The summed E-state index contributed by atoms with van der Waals surface area (Å²) in [4.78, 5) is 20.9. The molecule has 0 radical (unpaired) electrons. The van der Waals surface area contributed by atoms with E-state index in [-0.39, 0.29) is 23.1 Å². The Kier molecular flexibility index (Phi) is 8.28. The molecular weight excluding hydrogens is 589 g/mol. The van der Waals surface area contributed by atoms with Gasteiger partial charge in [0.05, 0.1) is 23.8 Å². The van der Waals surface area contributed by atoms with Gasteiger partial charge in [-0.15, -0.1) is 0 Å². The van der Waals surface area contributed by atoms with Crippen molar-refractivity contribution >= 4 is 34.0 Å². The summed E-state index contributed by atoms with van der Waals surface area (Å²) in [5.41, 5.74) is 1.82. The van der Waals surface area contributed by atoms with Gasteiger partial charge in [0.2, 0.25) is 5.79 Å². The molecule has 1 spiro atoms. The van der Waals surface area contributed by atoms with Crippen LogP contribution in [0.4, 0.5) is 15.9 Å². The van der Waals surface area contributed by atoms with E-state index in [0.29, 0.717) is 43.2 Å². The van der Waals surface area contributed by atoms with Crippen LogP contribution in [-0.2, 0) is 35.3 Å². The van der Waals surface area contributed by atoms with Crippen LogP contribution in [0, 0.1) is 29.5 Å². The lowest BCUT2D eigenvalue weighted by Crippen LogP contribution is -2.70. The molecule has 2 bridgehead atoms. The number of nitrogens with one attached hydrogen (secondary N) is 1. The number of nitrogens with zero attached hydrogens (tertiary/aromatic N) is 2. The fourth-order valence-electron chi connectivity index (χ4n) is 7.62. The van der Waals surface area contributed by atoms with E-state index in [4.69, 9.17) is 40.3 Å². The number of halogens is 2. The average Bonchev–Trinajstić information content (AvgIpc) is 3.25. The van der Waals surface area contributed by atoms with Crippen molar-refractivity contribution < 1.29 is 33.1 Å². The Morgan fingerprint density at radius 1 is 1.05 bits per heavy atom. The number of hydrogen-bond donors (Lipinski definition) is 1. The molecule has 236 valence electrons. The third kappa shape index (κ3) is 5.48. The predicted molar refractivity (Wildman–Crippen MR) is 161 cm³/mol. The summed E-state index contributed by atoms with van der Waals surface area (Å²) in [5, 5.41) is 4.08. The Balaban J connectivity index is 0.934. The van der Waals surface area contributed by atoms with Gasteiger partial charge < -0.3 is 24.3 Å². The van der Waals surface area contributed by atoms with Crippen molar-refractivity contribution in [1.29, 1.82) is 0 Å². The number of hydrogen-bond acceptors (Lipinski definition) is 9. The molecule has 8 rings (SSSR count). The van der Waals surface area contributed by atoms with E-state index in [1.54, 1.807) is 6.07 Å². The van der Waals surface area contributed by atoms with E-state index in [2.05, 4.69) is 29.1 Å². The second kappa shape index (κ2) is 12.1. The second-order valence-corrected chi connectivity index (χ2v) is 13.3. The van der Waals surface area contributed by atoms with Gasteiger partial charge in [-0.2, -0.15) is 0 Å². The summed E-state index contributed by atoms with van der Waals surface area (Å²) in [6.07, 6.45) is 5.33. The first kappa shape index (κ1) is 30.2. The van der Waals surface area contributed by atoms with Gasteiger partial charge >= 0.3 is 0 Å². The first-order valence-electron chi connectivity index (χ1n) is 15.6. The molecule has 0 unspecified atom stereocenters. The van der Waals surface area contributed by atoms with E-state index in [0.717, 1.165) is 48.6 Å². The highest BCUT2D eigenvalue weighted by molar-refractivity contribution is 6.31. The normalized spacial score (nSPS) is 34.5. The maximum Gasteiger partial charge on any atom is 0.201 e. The molecule has 3 aromatic rings. The molecule has 5 aliphatic rings. The summed E-state index contributed by atoms with van der Waals surface area (Å²) in [7, 11) is 0. The summed E-state index contributed by atoms with van der Waals surface area (Å²) in [6, 6.07) is 10.4. The van der Waals surface area contributed by atoms with Crippen LogP contribution in [0.1, 0.15) is 58.4 Å². The molecule has 11 heteroatoms. The van der Waals surface area contributed by atoms with Crippen molar-refractivity contribution in [1.82, 2.24) is 9.97 Å². The van der Waals surface area contributed by atoms with E-state index in [9.17, 15) is 4.39 Å². The van der Waals surface area contributed by atoms with E-state index in [1.807, 2.05) is 25.1 Å². The molecule has 1 aliphatic carbocycles. The van der Waals surface area contributed by atoms with Gasteiger partial charge in [-0.3, -0.25) is 0 Å². The van der Waals surface area contributed by atoms with Crippen LogP contribution < -0.4 is 5.32 Å². The number of benzene rings is 2. The number of rotatable bonds is 9. The highest BCUT2D eigenvalue weighted by atomic mass is 35.5. The molecule has 1 saturated carbocycles. The third-order valence-corrected chi connectivity index (χ3v) is 10.3. The number of aromatic nitrogens is 2. The molecule has 4 aliphatic heterocycles. The largest absolute Gasteiger partial charge is 0.377 e. The van der Waals surface area contributed by atoms with Gasteiger partial charge in [-0.05, 0) is 80.3 Å². The molecule has 9 nitrogen and oxygen atoms in total. The fraction of sp³-hybridized carbons (Fsp3) is 0.576. The zero-order valence-electron chi connectivity index (χ0n) is 25.3. The zero-order valence-corrected chi connectivity index (χ0v) is 26.0. The van der Waals surface area contributed by atoms with Crippen LogP contribution in [0.3, 0.4) is 0 Å². The van der Waals surface area contributed by atoms with E-state index < -0.39 is 23.5 Å². The van der Waals surface area contributed by atoms with Crippen LogP contribution in [0.2, 0.25) is 5.02 Å². The number of anilines is 2. The molecule has 44 heavy (non-hydrogen) atoms. The highest BCUT2D eigenvalue weighted by Gasteiger charge is 2.69. The van der Waals surface area contributed by atoms with E-state index in [1.165, 1.54) is 18.5 Å². The highest BCUT2D eigenvalue weighted by Crippen LogP contribution is 2.60. The molecule has 2 aromatic carbocycles. The van der Waals surface area contributed by atoms with Crippen molar-refractivity contribution in [3.05, 3.63) is 59.1 Å². The van der Waals surface area contributed by atoms with Crippen LogP contribution in [-0.4, -0.2) is 47.1 Å². The summed E-state index contributed by atoms with van der Waals surface area (Å²) < 4.78 is 38.8.